The van der Waals surface area contributed by atoms with Crippen molar-refractivity contribution in [1.82, 2.24) is 20.4 Å². The molecule has 1 saturated carbocycles. The lowest BCUT2D eigenvalue weighted by Gasteiger charge is -2.35. The Kier molecular flexibility index (Phi) is 6.47. The number of hydrogen-bond donors (Lipinski definition) is 2. The van der Waals surface area contributed by atoms with Gasteiger partial charge >= 0.3 is 6.03 Å². The first-order chi connectivity index (χ1) is 12.1. The Balaban J connectivity index is 1.44. The summed E-state index contributed by atoms with van der Waals surface area (Å²) in [7, 11) is 0. The zero-order chi connectivity index (χ0) is 17.6. The van der Waals surface area contributed by atoms with Gasteiger partial charge in [-0.25, -0.2) is 4.79 Å². The number of nitrogens with zero attached hydrogens (tertiary/aromatic N) is 4. The van der Waals surface area contributed by atoms with E-state index in [9.17, 15) is 4.79 Å². The molecule has 1 atom stereocenters. The summed E-state index contributed by atoms with van der Waals surface area (Å²) in [6, 6.07) is 0.152. The van der Waals surface area contributed by atoms with Gasteiger partial charge in [-0.15, -0.1) is 10.2 Å². The lowest BCUT2D eigenvalue weighted by molar-refractivity contribution is 0.222. The van der Waals surface area contributed by atoms with Crippen molar-refractivity contribution in [2.45, 2.75) is 52.0 Å². The van der Waals surface area contributed by atoms with Gasteiger partial charge in [-0.05, 0) is 18.8 Å². The average molecular weight is 367 g/mol. The Hall–Kier alpha value is -1.41. The average Bonchev–Trinajstić information content (AvgIpc) is 3.27. The largest absolute Gasteiger partial charge is 0.344 e. The first kappa shape index (κ1) is 18.4. The zero-order valence-electron chi connectivity index (χ0n) is 15.3. The molecule has 0 radical (unpaired) electrons. The van der Waals surface area contributed by atoms with Crippen LogP contribution in [0.1, 0.15) is 46.0 Å². The van der Waals surface area contributed by atoms with E-state index in [0.717, 1.165) is 50.1 Å². The zero-order valence-corrected chi connectivity index (χ0v) is 16.1. The highest BCUT2D eigenvalue weighted by molar-refractivity contribution is 7.19. The molecule has 3 rings (SSSR count). The van der Waals surface area contributed by atoms with Gasteiger partial charge in [0.05, 0.1) is 0 Å². The van der Waals surface area contributed by atoms with Crippen LogP contribution in [0, 0.1) is 5.92 Å². The maximum Gasteiger partial charge on any atom is 0.321 e. The second-order valence-electron chi connectivity index (χ2n) is 7.27. The molecule has 1 aliphatic heterocycles. The van der Waals surface area contributed by atoms with Gasteiger partial charge in [0, 0.05) is 38.8 Å². The topological polar surface area (TPSA) is 73.4 Å². The molecule has 2 N–H and O–H groups in total. The fourth-order valence-corrected chi connectivity index (χ4v) is 4.27. The third-order valence-electron chi connectivity index (χ3n) is 5.23. The van der Waals surface area contributed by atoms with E-state index in [1.54, 1.807) is 0 Å². The number of amides is 2. The van der Waals surface area contributed by atoms with E-state index in [2.05, 4.69) is 44.5 Å². The van der Waals surface area contributed by atoms with Crippen molar-refractivity contribution in [2.24, 2.45) is 5.92 Å². The minimum absolute atomic E-state index is 0.159. The number of nitrogens with one attached hydrogen (secondary N) is 2. The molecule has 0 bridgehead atoms. The van der Waals surface area contributed by atoms with E-state index in [1.165, 1.54) is 37.1 Å². The van der Waals surface area contributed by atoms with Gasteiger partial charge in [-0.1, -0.05) is 44.4 Å². The van der Waals surface area contributed by atoms with E-state index < -0.39 is 0 Å². The van der Waals surface area contributed by atoms with Crippen LogP contribution in [0.25, 0.3) is 0 Å². The number of rotatable bonds is 6. The fourth-order valence-electron chi connectivity index (χ4n) is 3.47. The lowest BCUT2D eigenvalue weighted by Crippen LogP contribution is -2.47. The maximum absolute atomic E-state index is 12.0. The van der Waals surface area contributed by atoms with Gasteiger partial charge in [0.1, 0.15) is 0 Å². The molecule has 2 heterocycles. The first-order valence-corrected chi connectivity index (χ1v) is 10.3. The van der Waals surface area contributed by atoms with Crippen molar-refractivity contribution in [3.63, 3.8) is 0 Å². The smallest absolute Gasteiger partial charge is 0.321 e. The highest BCUT2D eigenvalue weighted by Gasteiger charge is 2.22. The molecule has 0 spiro atoms. The molecule has 1 saturated heterocycles. The minimum atomic E-state index is -0.159. The number of carbonyl (C=O) groups is 1. The molecule has 140 valence electrons. The predicted octanol–water partition coefficient (Wildman–Crippen LogP) is 2.77. The number of hydrogen-bond acceptors (Lipinski definition) is 6. The summed E-state index contributed by atoms with van der Waals surface area (Å²) in [5.74, 6) is 0.752. The van der Waals surface area contributed by atoms with E-state index >= 15 is 0 Å². The van der Waals surface area contributed by atoms with E-state index in [1.807, 2.05) is 0 Å². The number of urea groups is 1. The highest BCUT2D eigenvalue weighted by atomic mass is 32.1. The summed E-state index contributed by atoms with van der Waals surface area (Å²) >= 11 is 1.46. The molecule has 1 aromatic heterocycles. The summed E-state index contributed by atoms with van der Waals surface area (Å²) in [4.78, 5) is 16.8. The number of carbonyl (C=O) groups excluding carboxylic acids is 1. The predicted molar refractivity (Wildman–Crippen MR) is 102 cm³/mol. The summed E-state index contributed by atoms with van der Waals surface area (Å²) in [6.45, 7) is 9.81. The van der Waals surface area contributed by atoms with Crippen molar-refractivity contribution in [3.05, 3.63) is 0 Å². The molecule has 1 aliphatic carbocycles. The van der Waals surface area contributed by atoms with E-state index in [4.69, 9.17) is 0 Å². The molecular formula is C17H30N6OS. The van der Waals surface area contributed by atoms with Crippen LogP contribution in [0.15, 0.2) is 0 Å². The Morgan fingerprint density at radius 1 is 1.24 bits per heavy atom. The maximum atomic E-state index is 12.0. The highest BCUT2D eigenvalue weighted by Crippen LogP contribution is 2.25. The molecule has 0 aromatic carbocycles. The van der Waals surface area contributed by atoms with Crippen molar-refractivity contribution >= 4 is 27.6 Å². The Labute approximate surface area is 154 Å². The fraction of sp³-hybridized carbons (Fsp3) is 0.824. The van der Waals surface area contributed by atoms with Crippen molar-refractivity contribution in [1.29, 1.82) is 0 Å². The van der Waals surface area contributed by atoms with Gasteiger partial charge in [0.15, 0.2) is 0 Å². The van der Waals surface area contributed by atoms with Crippen molar-refractivity contribution in [3.8, 4) is 0 Å². The van der Waals surface area contributed by atoms with Gasteiger partial charge in [-0.2, -0.15) is 0 Å². The molecule has 25 heavy (non-hydrogen) atoms. The Morgan fingerprint density at radius 2 is 1.96 bits per heavy atom. The normalized spacial score (nSPS) is 20.6. The minimum Gasteiger partial charge on any atom is -0.344 e. The second kappa shape index (κ2) is 8.80. The van der Waals surface area contributed by atoms with E-state index in [0.29, 0.717) is 11.2 Å². The van der Waals surface area contributed by atoms with Crippen molar-refractivity contribution < 1.29 is 4.79 Å². The molecule has 7 nitrogen and oxygen atoms in total. The van der Waals surface area contributed by atoms with Crippen LogP contribution in [-0.2, 0) is 0 Å². The Morgan fingerprint density at radius 3 is 2.64 bits per heavy atom. The van der Waals surface area contributed by atoms with Crippen LogP contribution in [0.4, 0.5) is 15.1 Å². The van der Waals surface area contributed by atoms with Crippen LogP contribution in [0.3, 0.4) is 0 Å². The number of piperazine rings is 1. The SMILES string of the molecule is CCC(C)CN1CCN(c2nnc(NC(=O)NC3CCCC3)s2)CC1. The first-order valence-electron chi connectivity index (χ1n) is 9.52. The molecule has 8 heteroatoms. The number of aromatic nitrogens is 2. The lowest BCUT2D eigenvalue weighted by atomic mass is 10.1. The second-order valence-corrected chi connectivity index (χ2v) is 8.23. The summed E-state index contributed by atoms with van der Waals surface area (Å²) in [5, 5.41) is 15.7. The molecule has 1 unspecified atom stereocenters. The molecule has 2 fully saturated rings. The van der Waals surface area contributed by atoms with Crippen LogP contribution >= 0.6 is 11.3 Å². The van der Waals surface area contributed by atoms with Crippen LogP contribution in [0.5, 0.6) is 0 Å². The van der Waals surface area contributed by atoms with Crippen LogP contribution < -0.4 is 15.5 Å². The number of anilines is 2. The molecular weight excluding hydrogens is 336 g/mol. The molecule has 1 aromatic rings. The van der Waals surface area contributed by atoms with Gasteiger partial charge in [-0.3, -0.25) is 10.2 Å². The molecule has 2 amide bonds. The van der Waals surface area contributed by atoms with Gasteiger partial charge < -0.3 is 10.2 Å². The van der Waals surface area contributed by atoms with Crippen LogP contribution in [0.2, 0.25) is 0 Å². The quantitative estimate of drug-likeness (QED) is 0.810. The third kappa shape index (κ3) is 5.28. The summed E-state index contributed by atoms with van der Waals surface area (Å²) in [6.07, 6.45) is 5.80. The monoisotopic (exact) mass is 366 g/mol. The molecule has 2 aliphatic rings. The van der Waals surface area contributed by atoms with Gasteiger partial charge in [0.2, 0.25) is 10.3 Å². The summed E-state index contributed by atoms with van der Waals surface area (Å²) in [5.41, 5.74) is 0. The van der Waals surface area contributed by atoms with Gasteiger partial charge in [0.25, 0.3) is 0 Å². The standard InChI is InChI=1S/C17H30N6OS/c1-3-13(2)12-22-8-10-23(11-9-22)17-21-20-16(25-17)19-15(24)18-14-6-4-5-7-14/h13-14H,3-12H2,1-2H3,(H2,18,19,20,24). The van der Waals surface area contributed by atoms with Crippen molar-refractivity contribution in [2.75, 3.05) is 42.9 Å². The van der Waals surface area contributed by atoms with E-state index in [-0.39, 0.29) is 6.03 Å². The summed E-state index contributed by atoms with van der Waals surface area (Å²) < 4.78 is 0. The van der Waals surface area contributed by atoms with Crippen LogP contribution in [-0.4, -0.2) is 59.9 Å². The Bertz CT molecular complexity index is 551. The third-order valence-corrected chi connectivity index (χ3v) is 6.13.